The number of nitrogens with zero attached hydrogens (tertiary/aromatic N) is 2. The van der Waals surface area contributed by atoms with E-state index in [1.807, 2.05) is 56.3 Å². The molecule has 28 heavy (non-hydrogen) atoms. The molecule has 0 spiro atoms. The summed E-state index contributed by atoms with van der Waals surface area (Å²) < 4.78 is 7.71. The third kappa shape index (κ3) is 2.90. The number of ether oxygens (including phenoxy) is 1. The lowest BCUT2D eigenvalue weighted by atomic mass is 10.1. The summed E-state index contributed by atoms with van der Waals surface area (Å²) in [5.41, 5.74) is 0.283. The van der Waals surface area contributed by atoms with E-state index in [4.69, 9.17) is 9.72 Å². The number of benzene rings is 2. The minimum absolute atomic E-state index is 0.0858. The molecule has 4 rings (SSSR count). The molecule has 2 aromatic heterocycles. The molecule has 0 fully saturated rings. The summed E-state index contributed by atoms with van der Waals surface area (Å²) in [5.74, 6) is 1.30. The number of fused-ring (bicyclic) bond motifs is 2. The fourth-order valence-electron chi connectivity index (χ4n) is 3.30. The van der Waals surface area contributed by atoms with Gasteiger partial charge in [-0.05, 0) is 49.7 Å². The molecule has 0 amide bonds. The molecule has 0 aliphatic rings. The van der Waals surface area contributed by atoms with Crippen molar-refractivity contribution in [1.82, 2.24) is 9.55 Å². The molecule has 0 N–H and O–H groups in total. The highest BCUT2D eigenvalue weighted by molar-refractivity contribution is 7.24. The Morgan fingerprint density at radius 2 is 1.82 bits per heavy atom. The van der Waals surface area contributed by atoms with E-state index in [1.165, 1.54) is 11.3 Å². The normalized spacial score (nSPS) is 12.4. The lowest BCUT2D eigenvalue weighted by Gasteiger charge is -2.18. The monoisotopic (exact) mass is 392 g/mol. The van der Waals surface area contributed by atoms with Crippen molar-refractivity contribution < 1.29 is 4.74 Å². The SMILES string of the molecule is CC[C@@H](C)n1c(-c2ccc(OC)cc2)nc2sc3ccccc3c(=O)c2c1=O. The van der Waals surface area contributed by atoms with Crippen molar-refractivity contribution in [3.8, 4) is 17.1 Å². The molecular weight excluding hydrogens is 372 g/mol. The first-order valence-corrected chi connectivity index (χ1v) is 9.99. The molecule has 0 bridgehead atoms. The van der Waals surface area contributed by atoms with E-state index >= 15 is 0 Å². The van der Waals surface area contributed by atoms with Crippen LogP contribution in [0, 0.1) is 0 Å². The number of aromatic nitrogens is 2. The molecule has 2 heterocycles. The Morgan fingerprint density at radius 1 is 1.11 bits per heavy atom. The van der Waals surface area contributed by atoms with Gasteiger partial charge in [0, 0.05) is 21.7 Å². The summed E-state index contributed by atoms with van der Waals surface area (Å²) in [6.07, 6.45) is 0.751. The molecular formula is C22H20N2O3S. The first-order chi connectivity index (χ1) is 13.5. The van der Waals surface area contributed by atoms with Gasteiger partial charge in [-0.1, -0.05) is 19.1 Å². The minimum Gasteiger partial charge on any atom is -0.497 e. The van der Waals surface area contributed by atoms with Crippen molar-refractivity contribution in [1.29, 1.82) is 0 Å². The Kier molecular flexibility index (Phi) is 4.73. The van der Waals surface area contributed by atoms with Crippen molar-refractivity contribution >= 4 is 31.6 Å². The fraction of sp³-hybridized carbons (Fsp3) is 0.227. The number of hydrogen-bond donors (Lipinski definition) is 0. The van der Waals surface area contributed by atoms with Gasteiger partial charge in [0.15, 0.2) is 0 Å². The Bertz CT molecular complexity index is 1290. The van der Waals surface area contributed by atoms with Gasteiger partial charge in [0.1, 0.15) is 21.8 Å². The molecule has 0 saturated carbocycles. The van der Waals surface area contributed by atoms with E-state index in [-0.39, 0.29) is 22.4 Å². The predicted molar refractivity (Wildman–Crippen MR) is 115 cm³/mol. The zero-order chi connectivity index (χ0) is 19.8. The zero-order valence-corrected chi connectivity index (χ0v) is 16.7. The molecule has 1 atom stereocenters. The third-order valence-electron chi connectivity index (χ3n) is 5.03. The molecule has 142 valence electrons. The second-order valence-corrected chi connectivity index (χ2v) is 7.73. The molecule has 0 aliphatic carbocycles. The highest BCUT2D eigenvalue weighted by Gasteiger charge is 2.20. The fourth-order valence-corrected chi connectivity index (χ4v) is 4.34. The topological polar surface area (TPSA) is 61.2 Å². The first-order valence-electron chi connectivity index (χ1n) is 9.17. The van der Waals surface area contributed by atoms with E-state index in [2.05, 4.69) is 0 Å². The van der Waals surface area contributed by atoms with Crippen molar-refractivity contribution in [3.63, 3.8) is 0 Å². The summed E-state index contributed by atoms with van der Waals surface area (Å²) in [4.78, 5) is 31.7. The van der Waals surface area contributed by atoms with Gasteiger partial charge >= 0.3 is 0 Å². The van der Waals surface area contributed by atoms with E-state index in [0.717, 1.165) is 22.4 Å². The summed E-state index contributed by atoms with van der Waals surface area (Å²) in [7, 11) is 1.61. The van der Waals surface area contributed by atoms with E-state index < -0.39 is 0 Å². The molecule has 6 heteroatoms. The lowest BCUT2D eigenvalue weighted by molar-refractivity contribution is 0.415. The standard InChI is InChI=1S/C22H20N2O3S/c1-4-13(2)24-20(14-9-11-15(27-3)12-10-14)23-21-18(22(24)26)19(25)16-7-5-6-8-17(16)28-21/h5-13H,4H2,1-3H3/t13-/m1/s1. The summed E-state index contributed by atoms with van der Waals surface area (Å²) in [6, 6.07) is 14.7. The highest BCUT2D eigenvalue weighted by atomic mass is 32.1. The molecule has 0 unspecified atom stereocenters. The van der Waals surface area contributed by atoms with Crippen molar-refractivity contribution in [2.24, 2.45) is 0 Å². The van der Waals surface area contributed by atoms with Gasteiger partial charge in [-0.25, -0.2) is 4.98 Å². The van der Waals surface area contributed by atoms with Gasteiger partial charge in [-0.3, -0.25) is 14.2 Å². The van der Waals surface area contributed by atoms with E-state index in [0.29, 0.717) is 16.0 Å². The van der Waals surface area contributed by atoms with Crippen LogP contribution in [-0.4, -0.2) is 16.7 Å². The van der Waals surface area contributed by atoms with Crippen molar-refractivity contribution in [3.05, 3.63) is 69.1 Å². The predicted octanol–water partition coefficient (Wildman–Crippen LogP) is 4.62. The molecule has 0 saturated heterocycles. The van der Waals surface area contributed by atoms with Crippen LogP contribution in [0.1, 0.15) is 26.3 Å². The van der Waals surface area contributed by atoms with Crippen LogP contribution in [0.25, 0.3) is 31.7 Å². The van der Waals surface area contributed by atoms with Crippen LogP contribution in [0.15, 0.2) is 58.1 Å². The van der Waals surface area contributed by atoms with Crippen molar-refractivity contribution in [2.45, 2.75) is 26.3 Å². The molecule has 0 aliphatic heterocycles. The Labute approximate surface area is 165 Å². The average molecular weight is 392 g/mol. The number of methoxy groups -OCH3 is 1. The summed E-state index contributed by atoms with van der Waals surface area (Å²) in [6.45, 7) is 3.98. The van der Waals surface area contributed by atoms with Gasteiger partial charge in [-0.15, -0.1) is 11.3 Å². The van der Waals surface area contributed by atoms with Crippen molar-refractivity contribution in [2.75, 3.05) is 7.11 Å². The van der Waals surface area contributed by atoms with Gasteiger partial charge in [0.2, 0.25) is 5.43 Å². The zero-order valence-electron chi connectivity index (χ0n) is 15.9. The average Bonchev–Trinajstić information content (AvgIpc) is 2.73. The van der Waals surface area contributed by atoms with Crippen LogP contribution >= 0.6 is 11.3 Å². The van der Waals surface area contributed by atoms with E-state index in [1.54, 1.807) is 17.7 Å². The van der Waals surface area contributed by atoms with E-state index in [9.17, 15) is 9.59 Å². The van der Waals surface area contributed by atoms with Crippen LogP contribution in [0.4, 0.5) is 0 Å². The van der Waals surface area contributed by atoms with Crippen LogP contribution < -0.4 is 15.7 Å². The van der Waals surface area contributed by atoms with Crippen LogP contribution in [-0.2, 0) is 0 Å². The maximum Gasteiger partial charge on any atom is 0.266 e. The highest BCUT2D eigenvalue weighted by Crippen LogP contribution is 2.27. The Balaban J connectivity index is 2.12. The smallest absolute Gasteiger partial charge is 0.266 e. The van der Waals surface area contributed by atoms with Crippen LogP contribution in [0.3, 0.4) is 0 Å². The number of rotatable bonds is 4. The van der Waals surface area contributed by atoms with Gasteiger partial charge in [0.05, 0.1) is 7.11 Å². The van der Waals surface area contributed by atoms with Gasteiger partial charge in [0.25, 0.3) is 5.56 Å². The largest absolute Gasteiger partial charge is 0.497 e. The van der Waals surface area contributed by atoms with Gasteiger partial charge in [-0.2, -0.15) is 0 Å². The molecule has 0 radical (unpaired) electrons. The van der Waals surface area contributed by atoms with Crippen LogP contribution in [0.5, 0.6) is 5.75 Å². The molecule has 4 aromatic rings. The minimum atomic E-state index is -0.280. The first kappa shape index (κ1) is 18.4. The summed E-state index contributed by atoms with van der Waals surface area (Å²) >= 11 is 1.37. The Morgan fingerprint density at radius 3 is 2.50 bits per heavy atom. The Hall–Kier alpha value is -2.99. The molecule has 5 nitrogen and oxygen atoms in total. The number of hydrogen-bond acceptors (Lipinski definition) is 5. The second-order valence-electron chi connectivity index (χ2n) is 6.70. The summed E-state index contributed by atoms with van der Waals surface area (Å²) in [5, 5.41) is 0.730. The maximum absolute atomic E-state index is 13.4. The third-order valence-corrected chi connectivity index (χ3v) is 6.09. The lowest BCUT2D eigenvalue weighted by Crippen LogP contribution is -2.29. The van der Waals surface area contributed by atoms with Gasteiger partial charge < -0.3 is 4.74 Å². The second kappa shape index (κ2) is 7.20. The van der Waals surface area contributed by atoms with Crippen LogP contribution in [0.2, 0.25) is 0 Å². The quantitative estimate of drug-likeness (QED) is 0.476. The molecule has 2 aromatic carbocycles. The maximum atomic E-state index is 13.4.